The molecule has 1 saturated carbocycles. The highest BCUT2D eigenvalue weighted by molar-refractivity contribution is 5.85. The molecule has 0 radical (unpaired) electrons. The third-order valence-corrected chi connectivity index (χ3v) is 5.06. The molecule has 2 aliphatic rings. The van der Waals surface area contributed by atoms with Crippen LogP contribution in [0.5, 0.6) is 0 Å². The van der Waals surface area contributed by atoms with Gasteiger partial charge in [-0.25, -0.2) is 4.98 Å². The normalized spacial score (nSPS) is 19.4. The van der Waals surface area contributed by atoms with E-state index in [1.54, 1.807) is 0 Å². The molecule has 0 bridgehead atoms. The molecule has 0 unspecified atom stereocenters. The summed E-state index contributed by atoms with van der Waals surface area (Å²) < 4.78 is 0. The molecule has 1 aliphatic heterocycles. The SMILES string of the molecule is CCN(C)c1ccc(CN2CCC(NCC3CC3)CC2)cn1.Cl. The summed E-state index contributed by atoms with van der Waals surface area (Å²) in [6, 6.07) is 5.12. The maximum absolute atomic E-state index is 4.57. The molecule has 0 aromatic carbocycles. The highest BCUT2D eigenvalue weighted by Gasteiger charge is 2.24. The second-order valence-corrected chi connectivity index (χ2v) is 6.94. The van der Waals surface area contributed by atoms with Gasteiger partial charge in [0.2, 0.25) is 0 Å². The fourth-order valence-corrected chi connectivity index (χ4v) is 3.11. The number of anilines is 1. The molecule has 2 fully saturated rings. The molecule has 1 aromatic heterocycles. The summed E-state index contributed by atoms with van der Waals surface area (Å²) in [6.07, 6.45) is 7.51. The number of hydrogen-bond donors (Lipinski definition) is 1. The van der Waals surface area contributed by atoms with Crippen molar-refractivity contribution >= 4 is 18.2 Å². The molecular weight excluding hydrogens is 308 g/mol. The number of likely N-dealkylation sites (tertiary alicyclic amines) is 1. The van der Waals surface area contributed by atoms with E-state index in [4.69, 9.17) is 0 Å². The smallest absolute Gasteiger partial charge is 0.128 e. The predicted molar refractivity (Wildman–Crippen MR) is 99.5 cm³/mol. The molecule has 23 heavy (non-hydrogen) atoms. The van der Waals surface area contributed by atoms with Crippen LogP contribution in [0.4, 0.5) is 5.82 Å². The number of piperidine rings is 1. The highest BCUT2D eigenvalue weighted by atomic mass is 35.5. The van der Waals surface area contributed by atoms with Crippen LogP contribution in [0.3, 0.4) is 0 Å². The lowest BCUT2D eigenvalue weighted by Gasteiger charge is -2.32. The van der Waals surface area contributed by atoms with E-state index in [0.29, 0.717) is 0 Å². The molecular formula is C18H31ClN4. The van der Waals surface area contributed by atoms with Crippen molar-refractivity contribution in [2.45, 2.75) is 45.2 Å². The minimum atomic E-state index is 0. The second kappa shape index (κ2) is 8.86. The van der Waals surface area contributed by atoms with Gasteiger partial charge in [0.05, 0.1) is 0 Å². The van der Waals surface area contributed by atoms with Gasteiger partial charge in [-0.3, -0.25) is 4.90 Å². The maximum Gasteiger partial charge on any atom is 0.128 e. The average molecular weight is 339 g/mol. The van der Waals surface area contributed by atoms with E-state index in [-0.39, 0.29) is 12.4 Å². The second-order valence-electron chi connectivity index (χ2n) is 6.94. The van der Waals surface area contributed by atoms with Crippen LogP contribution >= 0.6 is 12.4 Å². The molecule has 130 valence electrons. The summed E-state index contributed by atoms with van der Waals surface area (Å²) in [5, 5.41) is 3.75. The van der Waals surface area contributed by atoms with E-state index in [0.717, 1.165) is 30.9 Å². The van der Waals surface area contributed by atoms with Gasteiger partial charge >= 0.3 is 0 Å². The van der Waals surface area contributed by atoms with Crippen LogP contribution in [0.25, 0.3) is 0 Å². The van der Waals surface area contributed by atoms with Crippen LogP contribution in [0.2, 0.25) is 0 Å². The van der Waals surface area contributed by atoms with Crippen LogP contribution in [-0.4, -0.2) is 49.2 Å². The number of rotatable bonds is 7. The number of halogens is 1. The summed E-state index contributed by atoms with van der Waals surface area (Å²) in [5.41, 5.74) is 1.33. The molecule has 1 N–H and O–H groups in total. The monoisotopic (exact) mass is 338 g/mol. The average Bonchev–Trinajstić information content (AvgIpc) is 3.38. The van der Waals surface area contributed by atoms with Crippen LogP contribution in [0, 0.1) is 5.92 Å². The van der Waals surface area contributed by atoms with Gasteiger partial charge in [-0.1, -0.05) is 6.07 Å². The van der Waals surface area contributed by atoms with E-state index in [9.17, 15) is 0 Å². The molecule has 5 heteroatoms. The zero-order valence-electron chi connectivity index (χ0n) is 14.5. The summed E-state index contributed by atoms with van der Waals surface area (Å²) in [6.45, 7) is 7.85. The van der Waals surface area contributed by atoms with E-state index in [1.165, 1.54) is 50.9 Å². The Morgan fingerprint density at radius 2 is 1.96 bits per heavy atom. The Labute approximate surface area is 147 Å². The van der Waals surface area contributed by atoms with Gasteiger partial charge in [-0.05, 0) is 69.8 Å². The van der Waals surface area contributed by atoms with Gasteiger partial charge < -0.3 is 10.2 Å². The minimum absolute atomic E-state index is 0. The summed E-state index contributed by atoms with van der Waals surface area (Å²) in [7, 11) is 2.08. The van der Waals surface area contributed by atoms with Gasteiger partial charge in [0.25, 0.3) is 0 Å². The lowest BCUT2D eigenvalue weighted by Crippen LogP contribution is -2.42. The molecule has 4 nitrogen and oxygen atoms in total. The van der Waals surface area contributed by atoms with Crippen molar-refractivity contribution < 1.29 is 0 Å². The van der Waals surface area contributed by atoms with Gasteiger partial charge in [0, 0.05) is 32.4 Å². The Morgan fingerprint density at radius 3 is 2.52 bits per heavy atom. The van der Waals surface area contributed by atoms with Crippen molar-refractivity contribution in [3.8, 4) is 0 Å². The fraction of sp³-hybridized carbons (Fsp3) is 0.722. The third-order valence-electron chi connectivity index (χ3n) is 5.06. The summed E-state index contributed by atoms with van der Waals surface area (Å²) in [5.74, 6) is 2.05. The molecule has 2 heterocycles. The first-order chi connectivity index (χ1) is 10.7. The minimum Gasteiger partial charge on any atom is -0.360 e. The first-order valence-corrected chi connectivity index (χ1v) is 8.86. The number of nitrogens with zero attached hydrogens (tertiary/aromatic N) is 3. The van der Waals surface area contributed by atoms with Crippen LogP contribution in [-0.2, 0) is 6.54 Å². The molecule has 3 rings (SSSR count). The Balaban J connectivity index is 0.00000192. The Kier molecular flexibility index (Phi) is 7.12. The standard InChI is InChI=1S/C18H30N4.ClH/c1-3-21(2)18-7-6-16(13-20-18)14-22-10-8-17(9-11-22)19-12-15-4-5-15;/h6-7,13,15,17,19H,3-5,8-12,14H2,1-2H3;1H. The molecule has 0 spiro atoms. The highest BCUT2D eigenvalue weighted by Crippen LogP contribution is 2.28. The first-order valence-electron chi connectivity index (χ1n) is 8.86. The van der Waals surface area contributed by atoms with E-state index in [1.807, 2.05) is 6.20 Å². The van der Waals surface area contributed by atoms with Crippen molar-refractivity contribution in [3.63, 3.8) is 0 Å². The van der Waals surface area contributed by atoms with Crippen molar-refractivity contribution in [1.29, 1.82) is 0 Å². The van der Waals surface area contributed by atoms with Gasteiger partial charge in [-0.2, -0.15) is 0 Å². The lowest BCUT2D eigenvalue weighted by molar-refractivity contribution is 0.190. The largest absolute Gasteiger partial charge is 0.360 e. The van der Waals surface area contributed by atoms with Crippen molar-refractivity contribution in [1.82, 2.24) is 15.2 Å². The zero-order valence-corrected chi connectivity index (χ0v) is 15.3. The number of hydrogen-bond acceptors (Lipinski definition) is 4. The van der Waals surface area contributed by atoms with Gasteiger partial charge in [-0.15, -0.1) is 12.4 Å². The fourth-order valence-electron chi connectivity index (χ4n) is 3.11. The zero-order chi connectivity index (χ0) is 15.4. The third kappa shape index (κ3) is 5.63. The Bertz CT molecular complexity index is 453. The van der Waals surface area contributed by atoms with E-state index >= 15 is 0 Å². The molecule has 1 aliphatic carbocycles. The van der Waals surface area contributed by atoms with E-state index < -0.39 is 0 Å². The molecule has 0 atom stereocenters. The maximum atomic E-state index is 4.57. The van der Waals surface area contributed by atoms with Crippen LogP contribution in [0.1, 0.15) is 38.2 Å². The molecule has 1 aromatic rings. The van der Waals surface area contributed by atoms with Crippen LogP contribution < -0.4 is 10.2 Å². The topological polar surface area (TPSA) is 31.4 Å². The quantitative estimate of drug-likeness (QED) is 0.828. The molecule has 1 saturated heterocycles. The van der Waals surface area contributed by atoms with Gasteiger partial charge in [0.1, 0.15) is 5.82 Å². The van der Waals surface area contributed by atoms with Crippen LogP contribution in [0.15, 0.2) is 18.3 Å². The van der Waals surface area contributed by atoms with Crippen molar-refractivity contribution in [2.75, 3.05) is 38.1 Å². The first kappa shape index (κ1) is 18.5. The molecule has 0 amide bonds. The Morgan fingerprint density at radius 1 is 1.22 bits per heavy atom. The lowest BCUT2D eigenvalue weighted by atomic mass is 10.0. The number of aromatic nitrogens is 1. The van der Waals surface area contributed by atoms with E-state index in [2.05, 4.69) is 46.2 Å². The predicted octanol–water partition coefficient (Wildman–Crippen LogP) is 2.92. The van der Waals surface area contributed by atoms with Gasteiger partial charge in [0.15, 0.2) is 0 Å². The van der Waals surface area contributed by atoms with Crippen molar-refractivity contribution in [2.24, 2.45) is 5.92 Å². The summed E-state index contributed by atoms with van der Waals surface area (Å²) in [4.78, 5) is 9.31. The Hall–Kier alpha value is -0.840. The summed E-state index contributed by atoms with van der Waals surface area (Å²) >= 11 is 0. The number of pyridine rings is 1. The number of nitrogens with one attached hydrogen (secondary N) is 1. The van der Waals surface area contributed by atoms with Crippen molar-refractivity contribution in [3.05, 3.63) is 23.9 Å².